The molecule has 2 heterocycles. The van der Waals surface area contributed by atoms with Crippen LogP contribution in [0.2, 0.25) is 5.02 Å². The highest BCUT2D eigenvalue weighted by molar-refractivity contribution is 6.31. The minimum absolute atomic E-state index is 0.134. The Morgan fingerprint density at radius 3 is 3.11 bits per heavy atom. The van der Waals surface area contributed by atoms with Gasteiger partial charge in [-0.15, -0.1) is 0 Å². The van der Waals surface area contributed by atoms with Gasteiger partial charge in [0, 0.05) is 18.9 Å². The van der Waals surface area contributed by atoms with Gasteiger partial charge in [0.25, 0.3) is 5.91 Å². The van der Waals surface area contributed by atoms with Crippen LogP contribution in [0.25, 0.3) is 0 Å². The van der Waals surface area contributed by atoms with Gasteiger partial charge < -0.3 is 9.88 Å². The SMILES string of the molecule is CCCn1cc(Cl)cc1C(=O)NCc1ccn[nH]1. The molecule has 2 N–H and O–H groups in total. The van der Waals surface area contributed by atoms with E-state index in [9.17, 15) is 4.79 Å². The van der Waals surface area contributed by atoms with Gasteiger partial charge in [0.05, 0.1) is 17.3 Å². The van der Waals surface area contributed by atoms with Crippen LogP contribution in [-0.4, -0.2) is 20.7 Å². The van der Waals surface area contributed by atoms with Gasteiger partial charge in [0.1, 0.15) is 5.69 Å². The van der Waals surface area contributed by atoms with E-state index in [1.165, 1.54) is 0 Å². The van der Waals surface area contributed by atoms with Crippen LogP contribution in [0, 0.1) is 0 Å². The van der Waals surface area contributed by atoms with Gasteiger partial charge in [-0.05, 0) is 18.6 Å². The molecule has 0 atom stereocenters. The van der Waals surface area contributed by atoms with Crippen LogP contribution in [0.5, 0.6) is 0 Å². The Balaban J connectivity index is 2.03. The van der Waals surface area contributed by atoms with Crippen molar-refractivity contribution in [1.29, 1.82) is 0 Å². The molecule has 18 heavy (non-hydrogen) atoms. The molecule has 0 unspecified atom stereocenters. The van der Waals surface area contributed by atoms with E-state index in [-0.39, 0.29) is 5.91 Å². The third-order valence-corrected chi connectivity index (χ3v) is 2.76. The fraction of sp³-hybridized carbons (Fsp3) is 0.333. The van der Waals surface area contributed by atoms with E-state index in [4.69, 9.17) is 11.6 Å². The topological polar surface area (TPSA) is 62.7 Å². The molecule has 0 fully saturated rings. The van der Waals surface area contributed by atoms with Gasteiger partial charge >= 0.3 is 0 Å². The Kier molecular flexibility index (Phi) is 4.04. The fourth-order valence-electron chi connectivity index (χ4n) is 1.74. The number of carbonyl (C=O) groups excluding carboxylic acids is 1. The maximum Gasteiger partial charge on any atom is 0.268 e. The number of aryl methyl sites for hydroxylation is 1. The van der Waals surface area contributed by atoms with Crippen molar-refractivity contribution in [3.05, 3.63) is 40.9 Å². The van der Waals surface area contributed by atoms with Gasteiger partial charge in [0.2, 0.25) is 0 Å². The van der Waals surface area contributed by atoms with E-state index < -0.39 is 0 Å². The van der Waals surface area contributed by atoms with Crippen molar-refractivity contribution >= 4 is 17.5 Å². The van der Waals surface area contributed by atoms with Crippen LogP contribution in [0.1, 0.15) is 29.5 Å². The van der Waals surface area contributed by atoms with Crippen molar-refractivity contribution in [2.45, 2.75) is 26.4 Å². The van der Waals surface area contributed by atoms with Crippen molar-refractivity contribution in [2.24, 2.45) is 0 Å². The van der Waals surface area contributed by atoms with Crippen LogP contribution >= 0.6 is 11.6 Å². The molecule has 0 spiro atoms. The second-order valence-corrected chi connectivity index (χ2v) is 4.44. The Bertz CT molecular complexity index is 518. The first-order valence-corrected chi connectivity index (χ1v) is 6.20. The Hall–Kier alpha value is -1.75. The molecule has 0 aliphatic rings. The molecule has 0 radical (unpaired) electrons. The maximum absolute atomic E-state index is 12.0. The molecule has 0 aliphatic carbocycles. The number of nitrogens with zero attached hydrogens (tertiary/aromatic N) is 2. The molecule has 2 aromatic rings. The number of halogens is 1. The van der Waals surface area contributed by atoms with Crippen LogP contribution in [0.4, 0.5) is 0 Å². The summed E-state index contributed by atoms with van der Waals surface area (Å²) >= 11 is 5.93. The van der Waals surface area contributed by atoms with Crippen molar-refractivity contribution in [3.63, 3.8) is 0 Å². The van der Waals surface area contributed by atoms with Gasteiger partial charge in [-0.25, -0.2) is 0 Å². The zero-order valence-corrected chi connectivity index (χ0v) is 10.9. The predicted molar refractivity (Wildman–Crippen MR) is 69.5 cm³/mol. The van der Waals surface area contributed by atoms with Crippen LogP contribution in [-0.2, 0) is 13.1 Å². The van der Waals surface area contributed by atoms with E-state index in [1.54, 1.807) is 18.5 Å². The largest absolute Gasteiger partial charge is 0.345 e. The van der Waals surface area contributed by atoms with Crippen LogP contribution in [0.3, 0.4) is 0 Å². The number of aromatic nitrogens is 3. The fourth-order valence-corrected chi connectivity index (χ4v) is 1.96. The number of hydrogen-bond acceptors (Lipinski definition) is 2. The standard InChI is InChI=1S/C12H15ClN4O/c1-2-5-17-8-9(13)6-11(17)12(18)14-7-10-3-4-15-16-10/h3-4,6,8H,2,5,7H2,1H3,(H,14,18)(H,15,16). The molecular formula is C12H15ClN4O. The van der Waals surface area contributed by atoms with Gasteiger partial charge in [-0.3, -0.25) is 9.89 Å². The highest BCUT2D eigenvalue weighted by atomic mass is 35.5. The number of aromatic amines is 1. The molecule has 6 heteroatoms. The third kappa shape index (κ3) is 2.92. The van der Waals surface area contributed by atoms with Crippen molar-refractivity contribution in [2.75, 3.05) is 0 Å². The average molecular weight is 267 g/mol. The van der Waals surface area contributed by atoms with E-state index >= 15 is 0 Å². The summed E-state index contributed by atoms with van der Waals surface area (Å²) in [5.41, 5.74) is 1.45. The molecular weight excluding hydrogens is 252 g/mol. The van der Waals surface area contributed by atoms with Gasteiger partial charge in [-0.2, -0.15) is 5.10 Å². The lowest BCUT2D eigenvalue weighted by atomic mass is 10.3. The first-order valence-electron chi connectivity index (χ1n) is 5.83. The predicted octanol–water partition coefficient (Wildman–Crippen LogP) is 2.20. The summed E-state index contributed by atoms with van der Waals surface area (Å²) in [4.78, 5) is 12.0. The summed E-state index contributed by atoms with van der Waals surface area (Å²) in [5.74, 6) is -0.134. The number of hydrogen-bond donors (Lipinski definition) is 2. The molecule has 0 aliphatic heterocycles. The monoisotopic (exact) mass is 266 g/mol. The number of carbonyl (C=O) groups is 1. The third-order valence-electron chi connectivity index (χ3n) is 2.56. The summed E-state index contributed by atoms with van der Waals surface area (Å²) in [6, 6.07) is 3.50. The lowest BCUT2D eigenvalue weighted by Crippen LogP contribution is -2.25. The highest BCUT2D eigenvalue weighted by Gasteiger charge is 2.12. The van der Waals surface area contributed by atoms with E-state index in [0.717, 1.165) is 18.7 Å². The van der Waals surface area contributed by atoms with E-state index in [0.29, 0.717) is 17.3 Å². The first kappa shape index (κ1) is 12.7. The summed E-state index contributed by atoms with van der Waals surface area (Å²) in [5, 5.41) is 10.0. The normalized spacial score (nSPS) is 10.6. The lowest BCUT2D eigenvalue weighted by molar-refractivity contribution is 0.0941. The Morgan fingerprint density at radius 1 is 1.61 bits per heavy atom. The van der Waals surface area contributed by atoms with Gasteiger partial charge in [0.15, 0.2) is 0 Å². The molecule has 2 aromatic heterocycles. The summed E-state index contributed by atoms with van der Waals surface area (Å²) in [6.45, 7) is 3.26. The van der Waals surface area contributed by atoms with Gasteiger partial charge in [-0.1, -0.05) is 18.5 Å². The molecule has 5 nitrogen and oxygen atoms in total. The summed E-state index contributed by atoms with van der Waals surface area (Å²) in [6.07, 6.45) is 4.38. The van der Waals surface area contributed by atoms with E-state index in [1.807, 2.05) is 10.6 Å². The average Bonchev–Trinajstić information content (AvgIpc) is 2.96. The lowest BCUT2D eigenvalue weighted by Gasteiger charge is -2.07. The molecule has 96 valence electrons. The molecule has 0 saturated heterocycles. The zero-order chi connectivity index (χ0) is 13.0. The van der Waals surface area contributed by atoms with Crippen molar-refractivity contribution in [1.82, 2.24) is 20.1 Å². The van der Waals surface area contributed by atoms with Crippen molar-refractivity contribution < 1.29 is 4.79 Å². The first-order chi connectivity index (χ1) is 8.70. The van der Waals surface area contributed by atoms with Crippen LogP contribution < -0.4 is 5.32 Å². The number of nitrogens with one attached hydrogen (secondary N) is 2. The second-order valence-electron chi connectivity index (χ2n) is 4.00. The minimum Gasteiger partial charge on any atom is -0.345 e. The molecule has 2 rings (SSSR count). The van der Waals surface area contributed by atoms with Crippen LogP contribution in [0.15, 0.2) is 24.5 Å². The Morgan fingerprint density at radius 2 is 2.44 bits per heavy atom. The summed E-state index contributed by atoms with van der Waals surface area (Å²) < 4.78 is 1.87. The molecule has 0 saturated carbocycles. The molecule has 0 bridgehead atoms. The zero-order valence-electron chi connectivity index (χ0n) is 10.1. The number of amides is 1. The quantitative estimate of drug-likeness (QED) is 0.872. The molecule has 1 amide bonds. The van der Waals surface area contributed by atoms with E-state index in [2.05, 4.69) is 22.4 Å². The Labute approximate surface area is 110 Å². The smallest absolute Gasteiger partial charge is 0.268 e. The minimum atomic E-state index is -0.134. The second kappa shape index (κ2) is 5.73. The number of rotatable bonds is 5. The summed E-state index contributed by atoms with van der Waals surface area (Å²) in [7, 11) is 0. The molecule has 0 aromatic carbocycles. The highest BCUT2D eigenvalue weighted by Crippen LogP contribution is 2.14. The number of H-pyrrole nitrogens is 1. The van der Waals surface area contributed by atoms with Crippen molar-refractivity contribution in [3.8, 4) is 0 Å². The maximum atomic E-state index is 12.0.